The number of rotatable bonds is 6. The van der Waals surface area contributed by atoms with E-state index >= 15 is 0 Å². The summed E-state index contributed by atoms with van der Waals surface area (Å²) in [6.07, 6.45) is 0.0354. The second-order valence-corrected chi connectivity index (χ2v) is 6.71. The summed E-state index contributed by atoms with van der Waals surface area (Å²) in [5.74, 6) is -0.239. The Kier molecular flexibility index (Phi) is 6.29. The summed E-state index contributed by atoms with van der Waals surface area (Å²) in [6, 6.07) is 23.0. The lowest BCUT2D eigenvalue weighted by atomic mass is 10.0. The van der Waals surface area contributed by atoms with Crippen LogP contribution in [0, 0.1) is 0 Å². The number of primary amides is 1. The minimum Gasteiger partial charge on any atom is -0.352 e. The second kappa shape index (κ2) is 9.06. The Bertz CT molecular complexity index is 959. The zero-order valence-electron chi connectivity index (χ0n) is 15.1. The first-order valence-electron chi connectivity index (χ1n) is 8.78. The molecular formula is C22H20ClN3O2. The van der Waals surface area contributed by atoms with Crippen LogP contribution < -0.4 is 16.4 Å². The predicted molar refractivity (Wildman–Crippen MR) is 112 cm³/mol. The van der Waals surface area contributed by atoms with Crippen molar-refractivity contribution in [2.45, 2.75) is 12.5 Å². The van der Waals surface area contributed by atoms with Gasteiger partial charge in [0.25, 0.3) is 0 Å². The molecule has 3 aromatic rings. The molecule has 5 nitrogen and oxygen atoms in total. The van der Waals surface area contributed by atoms with Crippen molar-refractivity contribution in [2.75, 3.05) is 5.32 Å². The van der Waals surface area contributed by atoms with Crippen LogP contribution in [0.3, 0.4) is 0 Å². The Labute approximate surface area is 168 Å². The molecule has 0 heterocycles. The van der Waals surface area contributed by atoms with Crippen LogP contribution in [0.5, 0.6) is 0 Å². The quantitative estimate of drug-likeness (QED) is 0.564. The van der Waals surface area contributed by atoms with Crippen LogP contribution in [0.15, 0.2) is 78.9 Å². The summed E-state index contributed by atoms with van der Waals surface area (Å²) in [4.78, 5) is 24.1. The third-order valence-corrected chi connectivity index (χ3v) is 4.52. The van der Waals surface area contributed by atoms with Crippen LogP contribution in [-0.2, 0) is 4.79 Å². The fraction of sp³-hybridized carbons (Fsp3) is 0.0909. The number of anilines is 1. The van der Waals surface area contributed by atoms with Crippen molar-refractivity contribution in [3.05, 3.63) is 89.4 Å². The molecule has 6 heteroatoms. The van der Waals surface area contributed by atoms with Gasteiger partial charge in [0.2, 0.25) is 5.91 Å². The zero-order valence-corrected chi connectivity index (χ0v) is 15.8. The lowest BCUT2D eigenvalue weighted by Crippen LogP contribution is -2.35. The van der Waals surface area contributed by atoms with Gasteiger partial charge in [0.1, 0.15) is 0 Å². The van der Waals surface area contributed by atoms with E-state index in [2.05, 4.69) is 10.6 Å². The number of amides is 3. The van der Waals surface area contributed by atoms with Gasteiger partial charge in [-0.1, -0.05) is 72.3 Å². The number of para-hydroxylation sites is 1. The molecule has 4 N–H and O–H groups in total. The zero-order chi connectivity index (χ0) is 19.9. The van der Waals surface area contributed by atoms with Gasteiger partial charge >= 0.3 is 6.03 Å². The van der Waals surface area contributed by atoms with E-state index < -0.39 is 12.1 Å². The highest BCUT2D eigenvalue weighted by Crippen LogP contribution is 2.28. The molecule has 28 heavy (non-hydrogen) atoms. The molecule has 0 fully saturated rings. The summed E-state index contributed by atoms with van der Waals surface area (Å²) in [7, 11) is 0. The van der Waals surface area contributed by atoms with E-state index in [0.717, 1.165) is 16.7 Å². The maximum Gasteiger partial charge on any atom is 0.312 e. The topological polar surface area (TPSA) is 84.2 Å². The Morgan fingerprint density at radius 1 is 0.893 bits per heavy atom. The fourth-order valence-electron chi connectivity index (χ4n) is 2.97. The van der Waals surface area contributed by atoms with E-state index in [1.54, 1.807) is 24.3 Å². The SMILES string of the molecule is NC(=O)N[C@@H](CC(=O)Nc1ccccc1-c1ccccc1)c1ccc(Cl)cc1. The van der Waals surface area contributed by atoms with Gasteiger partial charge in [0.05, 0.1) is 12.5 Å². The van der Waals surface area contributed by atoms with Gasteiger partial charge in [0, 0.05) is 16.3 Å². The molecular weight excluding hydrogens is 374 g/mol. The third kappa shape index (κ3) is 5.11. The summed E-state index contributed by atoms with van der Waals surface area (Å²) < 4.78 is 0. The lowest BCUT2D eigenvalue weighted by molar-refractivity contribution is -0.116. The van der Waals surface area contributed by atoms with Crippen molar-refractivity contribution < 1.29 is 9.59 Å². The lowest BCUT2D eigenvalue weighted by Gasteiger charge is -2.18. The van der Waals surface area contributed by atoms with E-state index in [0.29, 0.717) is 10.7 Å². The molecule has 0 unspecified atom stereocenters. The maximum absolute atomic E-state index is 12.7. The molecule has 0 aliphatic heterocycles. The smallest absolute Gasteiger partial charge is 0.312 e. The monoisotopic (exact) mass is 393 g/mol. The van der Waals surface area contributed by atoms with Crippen LogP contribution in [0.4, 0.5) is 10.5 Å². The number of urea groups is 1. The number of carbonyl (C=O) groups is 2. The van der Waals surface area contributed by atoms with Crippen molar-refractivity contribution in [3.63, 3.8) is 0 Å². The van der Waals surface area contributed by atoms with Crippen LogP contribution in [-0.4, -0.2) is 11.9 Å². The van der Waals surface area contributed by atoms with Crippen molar-refractivity contribution in [1.29, 1.82) is 0 Å². The maximum atomic E-state index is 12.7. The molecule has 0 saturated heterocycles. The Morgan fingerprint density at radius 3 is 2.21 bits per heavy atom. The Balaban J connectivity index is 1.78. The largest absolute Gasteiger partial charge is 0.352 e. The molecule has 0 saturated carbocycles. The standard InChI is InChI=1S/C22H20ClN3O2/c23-17-12-10-16(11-13-17)20(26-22(24)28)14-21(27)25-19-9-5-4-8-18(19)15-6-2-1-3-7-15/h1-13,20H,14H2,(H,25,27)(H3,24,26,28)/t20-/m0/s1. The summed E-state index contributed by atoms with van der Waals surface area (Å²) in [5.41, 5.74) is 8.65. The number of nitrogens with one attached hydrogen (secondary N) is 2. The van der Waals surface area contributed by atoms with Crippen molar-refractivity contribution in [1.82, 2.24) is 5.32 Å². The van der Waals surface area contributed by atoms with Crippen LogP contribution in [0.25, 0.3) is 11.1 Å². The van der Waals surface area contributed by atoms with Crippen LogP contribution in [0.2, 0.25) is 5.02 Å². The first kappa shape index (κ1) is 19.5. The third-order valence-electron chi connectivity index (χ3n) is 4.26. The highest BCUT2D eigenvalue weighted by molar-refractivity contribution is 6.30. The van der Waals surface area contributed by atoms with Gasteiger partial charge in [-0.25, -0.2) is 4.79 Å². The molecule has 3 amide bonds. The normalized spacial score (nSPS) is 11.5. The first-order chi connectivity index (χ1) is 13.5. The van der Waals surface area contributed by atoms with Crippen molar-refractivity contribution >= 4 is 29.2 Å². The molecule has 3 aromatic carbocycles. The number of hydrogen-bond acceptors (Lipinski definition) is 2. The molecule has 0 aliphatic carbocycles. The number of nitrogens with two attached hydrogens (primary N) is 1. The van der Waals surface area contributed by atoms with Gasteiger partial charge in [-0.15, -0.1) is 0 Å². The molecule has 0 radical (unpaired) electrons. The highest BCUT2D eigenvalue weighted by Gasteiger charge is 2.18. The summed E-state index contributed by atoms with van der Waals surface area (Å²) in [6.45, 7) is 0. The predicted octanol–water partition coefficient (Wildman–Crippen LogP) is 4.75. The summed E-state index contributed by atoms with van der Waals surface area (Å²) in [5, 5.41) is 6.12. The van der Waals surface area contributed by atoms with Crippen molar-refractivity contribution in [2.24, 2.45) is 5.73 Å². The molecule has 3 rings (SSSR count). The number of benzene rings is 3. The van der Waals surface area contributed by atoms with E-state index in [-0.39, 0.29) is 12.3 Å². The van der Waals surface area contributed by atoms with E-state index in [1.165, 1.54) is 0 Å². The summed E-state index contributed by atoms with van der Waals surface area (Å²) >= 11 is 5.92. The fourth-order valence-corrected chi connectivity index (χ4v) is 3.09. The average molecular weight is 394 g/mol. The minimum atomic E-state index is -0.697. The average Bonchev–Trinajstić information content (AvgIpc) is 2.69. The van der Waals surface area contributed by atoms with E-state index in [9.17, 15) is 9.59 Å². The first-order valence-corrected chi connectivity index (χ1v) is 9.16. The van der Waals surface area contributed by atoms with Gasteiger partial charge in [-0.05, 0) is 29.3 Å². The van der Waals surface area contributed by atoms with Gasteiger partial charge in [-0.2, -0.15) is 0 Å². The van der Waals surface area contributed by atoms with Crippen LogP contribution in [0.1, 0.15) is 18.0 Å². The molecule has 0 spiro atoms. The van der Waals surface area contributed by atoms with E-state index in [1.807, 2.05) is 54.6 Å². The molecule has 0 bridgehead atoms. The number of hydrogen-bond donors (Lipinski definition) is 3. The molecule has 142 valence electrons. The molecule has 0 aromatic heterocycles. The second-order valence-electron chi connectivity index (χ2n) is 6.28. The Morgan fingerprint density at radius 2 is 1.54 bits per heavy atom. The van der Waals surface area contributed by atoms with E-state index in [4.69, 9.17) is 17.3 Å². The number of halogens is 1. The van der Waals surface area contributed by atoms with Gasteiger partial charge in [-0.3, -0.25) is 4.79 Å². The van der Waals surface area contributed by atoms with Crippen molar-refractivity contribution in [3.8, 4) is 11.1 Å². The Hall–Kier alpha value is -3.31. The number of carbonyl (C=O) groups excluding carboxylic acids is 2. The molecule has 1 atom stereocenters. The van der Waals surface area contributed by atoms with Gasteiger partial charge < -0.3 is 16.4 Å². The van der Waals surface area contributed by atoms with Crippen LogP contribution >= 0.6 is 11.6 Å². The van der Waals surface area contributed by atoms with Gasteiger partial charge in [0.15, 0.2) is 0 Å². The molecule has 0 aliphatic rings. The highest BCUT2D eigenvalue weighted by atomic mass is 35.5. The minimum absolute atomic E-state index is 0.0354.